The van der Waals surface area contributed by atoms with Crippen molar-refractivity contribution in [1.29, 1.82) is 0 Å². The van der Waals surface area contributed by atoms with Crippen molar-refractivity contribution in [3.8, 4) is 5.69 Å². The Morgan fingerprint density at radius 1 is 1.19 bits per heavy atom. The first-order chi connectivity index (χ1) is 15.2. The number of para-hydroxylation sites is 1. The largest absolute Gasteiger partial charge is 0.392 e. The van der Waals surface area contributed by atoms with Crippen molar-refractivity contribution in [3.63, 3.8) is 0 Å². The van der Waals surface area contributed by atoms with Gasteiger partial charge in [0.05, 0.1) is 30.1 Å². The van der Waals surface area contributed by atoms with Crippen molar-refractivity contribution in [1.82, 2.24) is 15.1 Å². The fourth-order valence-corrected chi connectivity index (χ4v) is 4.51. The number of fused-ring (bicyclic) bond motifs is 1. The summed E-state index contributed by atoms with van der Waals surface area (Å²) in [6.45, 7) is 7.87. The highest BCUT2D eigenvalue weighted by Gasteiger charge is 2.39. The van der Waals surface area contributed by atoms with Crippen molar-refractivity contribution in [2.75, 3.05) is 5.32 Å². The van der Waals surface area contributed by atoms with E-state index in [9.17, 15) is 15.0 Å². The quantitative estimate of drug-likeness (QED) is 0.501. The summed E-state index contributed by atoms with van der Waals surface area (Å²) in [4.78, 5) is 13.1. The van der Waals surface area contributed by atoms with E-state index >= 15 is 0 Å². The van der Waals surface area contributed by atoms with E-state index in [4.69, 9.17) is 0 Å². The van der Waals surface area contributed by atoms with Crippen LogP contribution in [0.5, 0.6) is 0 Å². The summed E-state index contributed by atoms with van der Waals surface area (Å²) in [6.07, 6.45) is -0.234. The lowest BCUT2D eigenvalue weighted by Gasteiger charge is -2.40. The monoisotopic (exact) mass is 434 g/mol. The van der Waals surface area contributed by atoms with Gasteiger partial charge in [0.15, 0.2) is 0 Å². The topological polar surface area (TPSA) is 99.4 Å². The van der Waals surface area contributed by atoms with Gasteiger partial charge in [0, 0.05) is 5.56 Å². The molecule has 2 amide bonds. The number of rotatable bonds is 4. The highest BCUT2D eigenvalue weighted by molar-refractivity contribution is 5.90. The molecule has 1 aliphatic rings. The van der Waals surface area contributed by atoms with Gasteiger partial charge < -0.3 is 15.5 Å². The molecule has 7 heteroatoms. The van der Waals surface area contributed by atoms with E-state index in [0.29, 0.717) is 12.2 Å². The van der Waals surface area contributed by atoms with Crippen molar-refractivity contribution < 1.29 is 15.0 Å². The molecule has 4 rings (SSSR count). The first kappa shape index (κ1) is 22.0. The van der Waals surface area contributed by atoms with Gasteiger partial charge in [0.2, 0.25) is 0 Å². The first-order valence-electron chi connectivity index (χ1n) is 10.8. The Morgan fingerprint density at radius 2 is 1.91 bits per heavy atom. The summed E-state index contributed by atoms with van der Waals surface area (Å²) in [5.41, 5.74) is 4.94. The number of aryl methyl sites for hydroxylation is 1. The molecule has 0 unspecified atom stereocenters. The van der Waals surface area contributed by atoms with Crippen LogP contribution in [0.1, 0.15) is 54.3 Å². The summed E-state index contributed by atoms with van der Waals surface area (Å²) < 4.78 is 1.71. The van der Waals surface area contributed by atoms with Gasteiger partial charge >= 0.3 is 6.03 Å². The lowest BCUT2D eigenvalue weighted by molar-refractivity contribution is 0.0881. The van der Waals surface area contributed by atoms with Crippen LogP contribution in [0, 0.1) is 13.8 Å². The molecule has 0 spiro atoms. The summed E-state index contributed by atoms with van der Waals surface area (Å²) >= 11 is 0. The van der Waals surface area contributed by atoms with Gasteiger partial charge in [0.25, 0.3) is 0 Å². The number of carbonyl (C=O) groups is 1. The van der Waals surface area contributed by atoms with E-state index in [1.807, 2.05) is 62.4 Å². The minimum atomic E-state index is -0.751. The number of aromatic nitrogens is 2. The van der Waals surface area contributed by atoms with Gasteiger partial charge in [-0.25, -0.2) is 9.48 Å². The third kappa shape index (κ3) is 4.01. The summed E-state index contributed by atoms with van der Waals surface area (Å²) in [7, 11) is 0. The smallest absolute Gasteiger partial charge is 0.320 e. The van der Waals surface area contributed by atoms with Crippen LogP contribution in [-0.2, 0) is 12.0 Å². The minimum Gasteiger partial charge on any atom is -0.392 e. The second kappa shape index (κ2) is 8.41. The van der Waals surface area contributed by atoms with Crippen LogP contribution >= 0.6 is 0 Å². The minimum absolute atomic E-state index is 0.0997. The Balaban J connectivity index is 1.63. The SMILES string of the molecule is Cc1nn(-c2ccccc2)c(NC(=O)N[C@H]2c3cc(CO)ccc3C(C)(C)C[C@@H]2O)c1C. The Labute approximate surface area is 188 Å². The molecule has 0 aliphatic heterocycles. The van der Waals surface area contributed by atoms with Crippen LogP contribution in [0.15, 0.2) is 48.5 Å². The van der Waals surface area contributed by atoms with E-state index in [0.717, 1.165) is 33.6 Å². The van der Waals surface area contributed by atoms with E-state index < -0.39 is 18.2 Å². The van der Waals surface area contributed by atoms with E-state index in [2.05, 4.69) is 29.6 Å². The Kier molecular flexibility index (Phi) is 5.79. The number of hydrogen-bond donors (Lipinski definition) is 4. The third-order valence-electron chi connectivity index (χ3n) is 6.35. The zero-order chi connectivity index (χ0) is 23.0. The second-order valence-electron chi connectivity index (χ2n) is 9.12. The Morgan fingerprint density at radius 3 is 2.59 bits per heavy atom. The molecule has 0 radical (unpaired) electrons. The molecule has 7 nitrogen and oxygen atoms in total. The number of aliphatic hydroxyl groups is 2. The molecule has 2 aromatic carbocycles. The molecular formula is C25H30N4O3. The molecule has 3 aromatic rings. The molecule has 32 heavy (non-hydrogen) atoms. The average Bonchev–Trinajstić information content (AvgIpc) is 3.05. The number of amides is 2. The maximum Gasteiger partial charge on any atom is 0.320 e. The van der Waals surface area contributed by atoms with Crippen molar-refractivity contribution in [3.05, 3.63) is 76.5 Å². The lowest BCUT2D eigenvalue weighted by atomic mass is 9.69. The number of carbonyl (C=O) groups excluding carboxylic acids is 1. The van der Waals surface area contributed by atoms with E-state index in [-0.39, 0.29) is 12.0 Å². The van der Waals surface area contributed by atoms with Crippen molar-refractivity contribution in [2.45, 2.75) is 58.3 Å². The number of hydrogen-bond acceptors (Lipinski definition) is 4. The molecule has 168 valence electrons. The van der Waals surface area contributed by atoms with Crippen LogP contribution < -0.4 is 10.6 Å². The lowest BCUT2D eigenvalue weighted by Crippen LogP contribution is -2.45. The fraction of sp³-hybridized carbons (Fsp3) is 0.360. The number of nitrogens with one attached hydrogen (secondary N) is 2. The molecule has 0 bridgehead atoms. The molecule has 0 saturated heterocycles. The predicted octanol–water partition coefficient (Wildman–Crippen LogP) is 3.89. The molecule has 1 aromatic heterocycles. The predicted molar refractivity (Wildman–Crippen MR) is 124 cm³/mol. The zero-order valence-corrected chi connectivity index (χ0v) is 18.9. The molecule has 0 fully saturated rings. The van der Waals surface area contributed by atoms with Gasteiger partial charge in [0.1, 0.15) is 5.82 Å². The Hall–Kier alpha value is -3.16. The van der Waals surface area contributed by atoms with Gasteiger partial charge in [-0.1, -0.05) is 50.2 Å². The number of benzene rings is 2. The zero-order valence-electron chi connectivity index (χ0n) is 18.9. The number of aliphatic hydroxyl groups excluding tert-OH is 2. The molecular weight excluding hydrogens is 404 g/mol. The highest BCUT2D eigenvalue weighted by Crippen LogP contribution is 2.42. The normalized spacial score (nSPS) is 19.3. The summed E-state index contributed by atoms with van der Waals surface area (Å²) in [5, 5.41) is 31.0. The number of nitrogens with zero attached hydrogens (tertiary/aromatic N) is 2. The molecule has 1 heterocycles. The maximum absolute atomic E-state index is 13.1. The first-order valence-corrected chi connectivity index (χ1v) is 10.8. The van der Waals surface area contributed by atoms with Crippen LogP contribution in [0.25, 0.3) is 5.69 Å². The van der Waals surface area contributed by atoms with Crippen LogP contribution in [0.3, 0.4) is 0 Å². The van der Waals surface area contributed by atoms with Crippen LogP contribution in [0.2, 0.25) is 0 Å². The van der Waals surface area contributed by atoms with Gasteiger partial charge in [-0.15, -0.1) is 0 Å². The van der Waals surface area contributed by atoms with Gasteiger partial charge in [-0.2, -0.15) is 5.10 Å². The molecule has 2 atom stereocenters. The summed E-state index contributed by atoms with van der Waals surface area (Å²) in [6, 6.07) is 14.3. The summed E-state index contributed by atoms with van der Waals surface area (Å²) in [5.74, 6) is 0.584. The van der Waals surface area contributed by atoms with Crippen molar-refractivity contribution >= 4 is 11.8 Å². The second-order valence-corrected chi connectivity index (χ2v) is 9.12. The maximum atomic E-state index is 13.1. The molecule has 1 aliphatic carbocycles. The van der Waals surface area contributed by atoms with Crippen molar-refractivity contribution in [2.24, 2.45) is 0 Å². The highest BCUT2D eigenvalue weighted by atomic mass is 16.3. The third-order valence-corrected chi connectivity index (χ3v) is 6.35. The molecule has 0 saturated carbocycles. The van der Waals surface area contributed by atoms with Crippen LogP contribution in [0.4, 0.5) is 10.6 Å². The standard InChI is InChI=1S/C25H30N4O3/c1-15-16(2)28-29(18-8-6-5-7-9-18)23(15)27-24(32)26-22-19-12-17(14-30)10-11-20(19)25(3,4)13-21(22)31/h5-12,21-22,30-31H,13-14H2,1-4H3,(H2,26,27,32)/t21-,22-/m0/s1. The van der Waals surface area contributed by atoms with E-state index in [1.54, 1.807) is 4.68 Å². The number of urea groups is 1. The van der Waals surface area contributed by atoms with Gasteiger partial charge in [-0.3, -0.25) is 5.32 Å². The average molecular weight is 435 g/mol. The number of anilines is 1. The fourth-order valence-electron chi connectivity index (χ4n) is 4.51. The van der Waals surface area contributed by atoms with Gasteiger partial charge in [-0.05, 0) is 54.5 Å². The Bertz CT molecular complexity index is 1140. The van der Waals surface area contributed by atoms with Crippen LogP contribution in [-0.4, -0.2) is 32.1 Å². The van der Waals surface area contributed by atoms with E-state index in [1.165, 1.54) is 0 Å². The molecule has 4 N–H and O–H groups in total.